The molecule has 1 aromatic carbocycles. The van der Waals surface area contributed by atoms with Gasteiger partial charge in [0.2, 0.25) is 0 Å². The van der Waals surface area contributed by atoms with E-state index >= 15 is 0 Å². The standard InChI is InChI=1S/C20H22N2O/c23-17-6-7-18-16(13-17)5-8-20(22-10-1-2-11-22)19(18)12-15-4-3-9-21-14-15/h3-4,6-7,9,13-14,19H,1-2,5,8,10-12H2/p+1. The average molecular weight is 307 g/mol. The highest BCUT2D eigenvalue weighted by Crippen LogP contribution is 2.34. The van der Waals surface area contributed by atoms with Crippen LogP contribution >= 0.6 is 0 Å². The molecule has 2 aromatic rings. The van der Waals surface area contributed by atoms with Crippen molar-refractivity contribution in [3.63, 3.8) is 0 Å². The van der Waals surface area contributed by atoms with E-state index in [1.165, 1.54) is 42.6 Å². The van der Waals surface area contributed by atoms with Gasteiger partial charge in [0, 0.05) is 31.7 Å². The van der Waals surface area contributed by atoms with Crippen LogP contribution in [-0.2, 0) is 12.8 Å². The molecule has 2 heterocycles. The van der Waals surface area contributed by atoms with Crippen molar-refractivity contribution >= 4 is 5.71 Å². The van der Waals surface area contributed by atoms with Crippen molar-refractivity contribution in [2.75, 3.05) is 13.1 Å². The summed E-state index contributed by atoms with van der Waals surface area (Å²) in [6.07, 6.45) is 9.59. The highest BCUT2D eigenvalue weighted by molar-refractivity contribution is 5.89. The van der Waals surface area contributed by atoms with Gasteiger partial charge < -0.3 is 5.11 Å². The Morgan fingerprint density at radius 1 is 1.13 bits per heavy atom. The molecule has 1 unspecified atom stereocenters. The number of benzene rings is 1. The summed E-state index contributed by atoms with van der Waals surface area (Å²) in [6, 6.07) is 10.1. The van der Waals surface area contributed by atoms with Gasteiger partial charge >= 0.3 is 0 Å². The third-order valence-corrected chi connectivity index (χ3v) is 5.23. The molecule has 1 N–H and O–H groups in total. The van der Waals surface area contributed by atoms with E-state index in [0.29, 0.717) is 11.7 Å². The Morgan fingerprint density at radius 3 is 2.78 bits per heavy atom. The van der Waals surface area contributed by atoms with Crippen LogP contribution in [0.1, 0.15) is 41.9 Å². The Morgan fingerprint density at radius 2 is 2.00 bits per heavy atom. The normalized spacial score (nSPS) is 20.6. The van der Waals surface area contributed by atoms with Crippen LogP contribution in [0.2, 0.25) is 0 Å². The zero-order valence-electron chi connectivity index (χ0n) is 13.4. The van der Waals surface area contributed by atoms with Crippen LogP contribution < -0.4 is 0 Å². The van der Waals surface area contributed by atoms with E-state index in [9.17, 15) is 5.11 Å². The van der Waals surface area contributed by atoms with Gasteiger partial charge in [-0.1, -0.05) is 12.1 Å². The molecule has 4 rings (SSSR count). The van der Waals surface area contributed by atoms with Crippen molar-refractivity contribution in [1.29, 1.82) is 0 Å². The van der Waals surface area contributed by atoms with Crippen LogP contribution in [-0.4, -0.2) is 33.5 Å². The number of aromatic nitrogens is 1. The van der Waals surface area contributed by atoms with Gasteiger partial charge in [-0.3, -0.25) is 4.98 Å². The molecule has 0 saturated carbocycles. The largest absolute Gasteiger partial charge is 0.508 e. The lowest BCUT2D eigenvalue weighted by Crippen LogP contribution is -2.31. The van der Waals surface area contributed by atoms with E-state index in [0.717, 1.165) is 19.3 Å². The number of aromatic hydroxyl groups is 1. The first-order chi connectivity index (χ1) is 11.3. The maximum atomic E-state index is 9.81. The van der Waals surface area contributed by atoms with Gasteiger partial charge in [-0.2, -0.15) is 0 Å². The topological polar surface area (TPSA) is 36.1 Å². The molecule has 23 heavy (non-hydrogen) atoms. The number of phenols is 1. The number of hydrogen-bond acceptors (Lipinski definition) is 2. The predicted octanol–water partition coefficient (Wildman–Crippen LogP) is 3.31. The first-order valence-corrected chi connectivity index (χ1v) is 8.62. The Kier molecular flexibility index (Phi) is 3.86. The number of phenolic OH excluding ortho intramolecular Hbond substituents is 1. The van der Waals surface area contributed by atoms with Gasteiger partial charge in [-0.05, 0) is 47.7 Å². The van der Waals surface area contributed by atoms with E-state index in [1.807, 2.05) is 30.6 Å². The lowest BCUT2D eigenvalue weighted by Gasteiger charge is -2.26. The summed E-state index contributed by atoms with van der Waals surface area (Å²) in [6.45, 7) is 2.40. The second-order valence-electron chi connectivity index (χ2n) is 6.69. The zero-order valence-corrected chi connectivity index (χ0v) is 13.4. The summed E-state index contributed by atoms with van der Waals surface area (Å²) in [7, 11) is 0. The van der Waals surface area contributed by atoms with Gasteiger partial charge in [0.25, 0.3) is 0 Å². The molecule has 1 aromatic heterocycles. The van der Waals surface area contributed by atoms with Gasteiger partial charge in [0.05, 0.1) is 5.92 Å². The van der Waals surface area contributed by atoms with E-state index in [-0.39, 0.29) is 0 Å². The number of nitrogens with zero attached hydrogens (tertiary/aromatic N) is 2. The third kappa shape index (κ3) is 2.88. The van der Waals surface area contributed by atoms with Crippen molar-refractivity contribution in [3.8, 4) is 5.75 Å². The predicted molar refractivity (Wildman–Crippen MR) is 91.3 cm³/mol. The molecule has 1 aliphatic heterocycles. The highest BCUT2D eigenvalue weighted by atomic mass is 16.3. The number of fused-ring (bicyclic) bond motifs is 1. The first-order valence-electron chi connectivity index (χ1n) is 8.62. The summed E-state index contributed by atoms with van der Waals surface area (Å²) in [4.78, 5) is 4.28. The fourth-order valence-corrected chi connectivity index (χ4v) is 4.13. The lowest BCUT2D eigenvalue weighted by molar-refractivity contribution is -0.509. The Balaban J connectivity index is 1.76. The first kappa shape index (κ1) is 14.4. The minimum Gasteiger partial charge on any atom is -0.508 e. The van der Waals surface area contributed by atoms with E-state index in [4.69, 9.17) is 0 Å². The van der Waals surface area contributed by atoms with Gasteiger partial charge in [-0.25, -0.2) is 4.58 Å². The van der Waals surface area contributed by atoms with Crippen molar-refractivity contribution < 1.29 is 9.68 Å². The molecule has 1 atom stereocenters. The minimum atomic E-state index is 0.383. The van der Waals surface area contributed by atoms with E-state index < -0.39 is 0 Å². The second-order valence-corrected chi connectivity index (χ2v) is 6.69. The smallest absolute Gasteiger partial charge is 0.160 e. The summed E-state index contributed by atoms with van der Waals surface area (Å²) < 4.78 is 2.61. The monoisotopic (exact) mass is 307 g/mol. The molecule has 1 aliphatic carbocycles. The molecule has 3 heteroatoms. The zero-order chi connectivity index (χ0) is 15.6. The molecule has 0 radical (unpaired) electrons. The van der Waals surface area contributed by atoms with E-state index in [1.54, 1.807) is 5.71 Å². The van der Waals surface area contributed by atoms with Crippen LogP contribution in [0, 0.1) is 0 Å². The Hall–Kier alpha value is -2.16. The van der Waals surface area contributed by atoms with Crippen LogP contribution in [0.25, 0.3) is 0 Å². The van der Waals surface area contributed by atoms with Crippen molar-refractivity contribution in [2.24, 2.45) is 0 Å². The fourth-order valence-electron chi connectivity index (χ4n) is 4.13. The number of rotatable bonds is 2. The van der Waals surface area contributed by atoms with Gasteiger partial charge in [0.1, 0.15) is 18.8 Å². The molecule has 0 amide bonds. The minimum absolute atomic E-state index is 0.383. The molecular formula is C20H23N2O+. The molecule has 3 nitrogen and oxygen atoms in total. The number of aryl methyl sites for hydroxylation is 1. The Bertz CT molecular complexity index is 729. The highest BCUT2D eigenvalue weighted by Gasteiger charge is 2.33. The number of pyridine rings is 1. The Labute approximate surface area is 137 Å². The van der Waals surface area contributed by atoms with Crippen LogP contribution in [0.4, 0.5) is 0 Å². The molecule has 1 fully saturated rings. The SMILES string of the molecule is Oc1ccc2c(c1)CCC(=[N+]1CCCC1)C2Cc1cccnc1. The summed E-state index contributed by atoms with van der Waals surface area (Å²) in [5.74, 6) is 0.801. The quantitative estimate of drug-likeness (QED) is 0.864. The average Bonchev–Trinajstić information content (AvgIpc) is 3.10. The third-order valence-electron chi connectivity index (χ3n) is 5.23. The van der Waals surface area contributed by atoms with Crippen LogP contribution in [0.15, 0.2) is 42.7 Å². The van der Waals surface area contributed by atoms with Crippen LogP contribution in [0.3, 0.4) is 0 Å². The second kappa shape index (κ2) is 6.15. The molecule has 0 spiro atoms. The maximum Gasteiger partial charge on any atom is 0.160 e. The fraction of sp³-hybridized carbons (Fsp3) is 0.400. The molecule has 1 saturated heterocycles. The summed E-state index contributed by atoms with van der Waals surface area (Å²) in [5.41, 5.74) is 5.57. The van der Waals surface area contributed by atoms with Crippen molar-refractivity contribution in [3.05, 3.63) is 59.4 Å². The molecule has 2 aliphatic rings. The molecular weight excluding hydrogens is 284 g/mol. The summed E-state index contributed by atoms with van der Waals surface area (Å²) in [5, 5.41) is 9.81. The van der Waals surface area contributed by atoms with Crippen molar-refractivity contribution in [2.45, 2.75) is 38.0 Å². The number of hydrogen-bond donors (Lipinski definition) is 1. The van der Waals surface area contributed by atoms with Crippen LogP contribution in [0.5, 0.6) is 5.75 Å². The van der Waals surface area contributed by atoms with Gasteiger partial charge in [0.15, 0.2) is 5.71 Å². The maximum absolute atomic E-state index is 9.81. The molecule has 118 valence electrons. The summed E-state index contributed by atoms with van der Waals surface area (Å²) >= 11 is 0. The lowest BCUT2D eigenvalue weighted by atomic mass is 9.78. The molecule has 0 bridgehead atoms. The van der Waals surface area contributed by atoms with Crippen molar-refractivity contribution in [1.82, 2.24) is 4.98 Å². The van der Waals surface area contributed by atoms with E-state index in [2.05, 4.69) is 21.7 Å². The van der Waals surface area contributed by atoms with Gasteiger partial charge in [-0.15, -0.1) is 0 Å².